The molecule has 0 aromatic heterocycles. The monoisotopic (exact) mass is 412 g/mol. The highest BCUT2D eigenvalue weighted by molar-refractivity contribution is 7.89. The zero-order valence-corrected chi connectivity index (χ0v) is 17.7. The average Bonchev–Trinajstić information content (AvgIpc) is 3.19. The van der Waals surface area contributed by atoms with E-state index in [0.29, 0.717) is 31.0 Å². The highest BCUT2D eigenvalue weighted by Gasteiger charge is 2.32. The second-order valence-electron chi connectivity index (χ2n) is 7.87. The number of piperidine rings is 1. The van der Waals surface area contributed by atoms with Crippen LogP contribution in [0.3, 0.4) is 0 Å². The third-order valence-corrected chi connectivity index (χ3v) is 7.97. The van der Waals surface area contributed by atoms with Crippen molar-refractivity contribution in [2.75, 3.05) is 24.5 Å². The van der Waals surface area contributed by atoms with Crippen molar-refractivity contribution >= 4 is 21.6 Å². The van der Waals surface area contributed by atoms with Crippen LogP contribution in [0.25, 0.3) is 0 Å². The normalized spacial score (nSPS) is 18.4. The second kappa shape index (κ2) is 8.28. The van der Waals surface area contributed by atoms with E-state index in [2.05, 4.69) is 0 Å². The largest absolute Gasteiger partial charge is 0.311 e. The van der Waals surface area contributed by atoms with E-state index in [1.807, 2.05) is 48.2 Å². The van der Waals surface area contributed by atoms with Crippen molar-refractivity contribution < 1.29 is 13.2 Å². The fourth-order valence-electron chi connectivity index (χ4n) is 4.45. The highest BCUT2D eigenvalue weighted by Crippen LogP contribution is 2.34. The summed E-state index contributed by atoms with van der Waals surface area (Å²) in [5.74, 6) is -0.0944. The first kappa shape index (κ1) is 20.1. The van der Waals surface area contributed by atoms with Crippen molar-refractivity contribution in [3.8, 4) is 0 Å². The van der Waals surface area contributed by atoms with Gasteiger partial charge in [-0.1, -0.05) is 43.7 Å². The van der Waals surface area contributed by atoms with Crippen molar-refractivity contribution in [1.29, 1.82) is 0 Å². The molecule has 4 rings (SSSR count). The fraction of sp³-hybridized carbons (Fsp3) is 0.435. The number of benzene rings is 2. The molecule has 1 unspecified atom stereocenters. The Morgan fingerprint density at radius 3 is 2.41 bits per heavy atom. The van der Waals surface area contributed by atoms with Crippen LogP contribution in [0.4, 0.5) is 5.69 Å². The van der Waals surface area contributed by atoms with E-state index in [1.165, 1.54) is 0 Å². The van der Waals surface area contributed by atoms with Crippen LogP contribution in [0, 0.1) is 0 Å². The molecule has 0 spiro atoms. The predicted molar refractivity (Wildman–Crippen MR) is 115 cm³/mol. The van der Waals surface area contributed by atoms with Gasteiger partial charge in [0.15, 0.2) is 0 Å². The zero-order chi connectivity index (χ0) is 20.4. The summed E-state index contributed by atoms with van der Waals surface area (Å²) in [6.45, 7) is 3.82. The molecule has 0 radical (unpaired) electrons. The Hall–Kier alpha value is -2.18. The minimum atomic E-state index is -3.46. The van der Waals surface area contributed by atoms with E-state index in [9.17, 15) is 13.2 Å². The van der Waals surface area contributed by atoms with Crippen LogP contribution in [0.2, 0.25) is 0 Å². The van der Waals surface area contributed by atoms with Gasteiger partial charge >= 0.3 is 0 Å². The van der Waals surface area contributed by atoms with Gasteiger partial charge in [0.05, 0.1) is 10.8 Å². The number of amides is 1. The molecule has 2 aromatic rings. The summed E-state index contributed by atoms with van der Waals surface area (Å²) >= 11 is 0. The maximum atomic E-state index is 13.3. The molecule has 2 aromatic carbocycles. The molecule has 2 aliphatic rings. The van der Waals surface area contributed by atoms with Gasteiger partial charge in [-0.05, 0) is 55.0 Å². The first-order valence-corrected chi connectivity index (χ1v) is 12.0. The summed E-state index contributed by atoms with van der Waals surface area (Å²) in [5.41, 5.74) is 2.82. The van der Waals surface area contributed by atoms with E-state index in [-0.39, 0.29) is 11.8 Å². The van der Waals surface area contributed by atoms with Crippen LogP contribution in [0.1, 0.15) is 49.7 Å². The van der Waals surface area contributed by atoms with Gasteiger partial charge < -0.3 is 4.90 Å². The first-order valence-electron chi connectivity index (χ1n) is 10.5. The summed E-state index contributed by atoms with van der Waals surface area (Å²) in [4.78, 5) is 15.4. The molecule has 0 aliphatic carbocycles. The Bertz CT molecular complexity index is 982. The van der Waals surface area contributed by atoms with E-state index < -0.39 is 10.0 Å². The molecule has 29 heavy (non-hydrogen) atoms. The Kier molecular flexibility index (Phi) is 5.74. The van der Waals surface area contributed by atoms with E-state index in [0.717, 1.165) is 42.5 Å². The van der Waals surface area contributed by atoms with Crippen LogP contribution in [0.5, 0.6) is 0 Å². The Balaban J connectivity index is 1.59. The molecule has 2 aliphatic heterocycles. The van der Waals surface area contributed by atoms with Gasteiger partial charge in [-0.15, -0.1) is 0 Å². The number of fused-ring (bicyclic) bond motifs is 1. The quantitative estimate of drug-likeness (QED) is 0.747. The van der Waals surface area contributed by atoms with Crippen molar-refractivity contribution in [1.82, 2.24) is 4.31 Å². The summed E-state index contributed by atoms with van der Waals surface area (Å²) < 4.78 is 27.6. The summed E-state index contributed by atoms with van der Waals surface area (Å²) in [5, 5.41) is 0. The number of hydrogen-bond donors (Lipinski definition) is 0. The van der Waals surface area contributed by atoms with Gasteiger partial charge in [-0.2, -0.15) is 4.31 Å². The lowest BCUT2D eigenvalue weighted by molar-refractivity contribution is -0.120. The second-order valence-corrected chi connectivity index (χ2v) is 9.80. The number of rotatable bonds is 5. The molecular weight excluding hydrogens is 384 g/mol. The number of hydrogen-bond acceptors (Lipinski definition) is 3. The van der Waals surface area contributed by atoms with Gasteiger partial charge in [-0.3, -0.25) is 4.79 Å². The van der Waals surface area contributed by atoms with Crippen LogP contribution in [0.15, 0.2) is 53.4 Å². The van der Waals surface area contributed by atoms with E-state index >= 15 is 0 Å². The number of anilines is 1. The van der Waals surface area contributed by atoms with Crippen LogP contribution >= 0.6 is 0 Å². The number of sulfonamides is 1. The molecule has 154 valence electrons. The lowest BCUT2D eigenvalue weighted by Crippen LogP contribution is -2.35. The average molecular weight is 413 g/mol. The SMILES string of the molecule is CCC(C(=O)N1CCc2cc(S(=O)(=O)N3CCCCC3)ccc21)c1ccccc1. The van der Waals surface area contributed by atoms with E-state index in [4.69, 9.17) is 0 Å². The molecule has 0 N–H and O–H groups in total. The van der Waals surface area contributed by atoms with Crippen molar-refractivity contribution in [2.45, 2.75) is 49.8 Å². The smallest absolute Gasteiger partial charge is 0.243 e. The molecule has 0 bridgehead atoms. The molecule has 2 heterocycles. The van der Waals surface area contributed by atoms with Crippen LogP contribution in [-0.2, 0) is 21.2 Å². The minimum absolute atomic E-state index is 0.0871. The number of carbonyl (C=O) groups excluding carboxylic acids is 1. The highest BCUT2D eigenvalue weighted by atomic mass is 32.2. The third kappa shape index (κ3) is 3.83. The molecule has 5 nitrogen and oxygen atoms in total. The molecule has 1 atom stereocenters. The lowest BCUT2D eigenvalue weighted by Gasteiger charge is -2.26. The summed E-state index contributed by atoms with van der Waals surface area (Å²) in [7, 11) is -3.46. The Morgan fingerprint density at radius 1 is 1.00 bits per heavy atom. The summed E-state index contributed by atoms with van der Waals surface area (Å²) in [6.07, 6.45) is 4.35. The van der Waals surface area contributed by atoms with Crippen LogP contribution in [-0.4, -0.2) is 38.3 Å². The maximum absolute atomic E-state index is 13.3. The summed E-state index contributed by atoms with van der Waals surface area (Å²) in [6, 6.07) is 15.1. The van der Waals surface area contributed by atoms with Crippen molar-refractivity contribution in [2.24, 2.45) is 0 Å². The molecule has 1 fully saturated rings. The van der Waals surface area contributed by atoms with Gasteiger partial charge in [-0.25, -0.2) is 8.42 Å². The van der Waals surface area contributed by atoms with Gasteiger partial charge in [0.1, 0.15) is 0 Å². The van der Waals surface area contributed by atoms with Crippen LogP contribution < -0.4 is 4.90 Å². The predicted octanol–water partition coefficient (Wildman–Crippen LogP) is 3.94. The van der Waals surface area contributed by atoms with Crippen molar-refractivity contribution in [3.05, 3.63) is 59.7 Å². The molecule has 1 amide bonds. The van der Waals surface area contributed by atoms with Crippen molar-refractivity contribution in [3.63, 3.8) is 0 Å². The Labute approximate surface area is 173 Å². The fourth-order valence-corrected chi connectivity index (χ4v) is 6.02. The minimum Gasteiger partial charge on any atom is -0.311 e. The Morgan fingerprint density at radius 2 is 1.72 bits per heavy atom. The number of nitrogens with zero attached hydrogens (tertiary/aromatic N) is 2. The zero-order valence-electron chi connectivity index (χ0n) is 16.9. The maximum Gasteiger partial charge on any atom is 0.243 e. The third-order valence-electron chi connectivity index (χ3n) is 6.07. The van der Waals surface area contributed by atoms with Gasteiger partial charge in [0.2, 0.25) is 15.9 Å². The molecule has 1 saturated heterocycles. The first-order chi connectivity index (χ1) is 14.0. The molecule has 6 heteroatoms. The lowest BCUT2D eigenvalue weighted by atomic mass is 9.95. The van der Waals surface area contributed by atoms with Gasteiger partial charge in [0, 0.05) is 25.3 Å². The standard InChI is InChI=1S/C23H28N2O3S/c1-2-21(18-9-5-3-6-10-18)23(26)25-16-13-19-17-20(11-12-22(19)25)29(27,28)24-14-7-4-8-15-24/h3,5-6,9-12,17,21H,2,4,7-8,13-16H2,1H3. The topological polar surface area (TPSA) is 57.7 Å². The van der Waals surface area contributed by atoms with Gasteiger partial charge in [0.25, 0.3) is 0 Å². The number of carbonyl (C=O) groups is 1. The van der Waals surface area contributed by atoms with E-state index in [1.54, 1.807) is 16.4 Å². The molecular formula is C23H28N2O3S. The molecule has 0 saturated carbocycles.